The summed E-state index contributed by atoms with van der Waals surface area (Å²) >= 11 is 0. The molecule has 0 bridgehead atoms. The van der Waals surface area contributed by atoms with E-state index in [1.807, 2.05) is 13.0 Å². The van der Waals surface area contributed by atoms with E-state index in [0.29, 0.717) is 12.5 Å². The molecule has 2 aliphatic rings. The Morgan fingerprint density at radius 1 is 1.35 bits per heavy atom. The van der Waals surface area contributed by atoms with Gasteiger partial charge >= 0.3 is 0 Å². The average molecular weight is 296 g/mol. The number of hydrogen-bond acceptors (Lipinski definition) is 5. The van der Waals surface area contributed by atoms with Gasteiger partial charge in [0, 0.05) is 31.0 Å². The van der Waals surface area contributed by atoms with Crippen LogP contribution in [0.5, 0.6) is 0 Å². The molecule has 1 unspecified atom stereocenters. The summed E-state index contributed by atoms with van der Waals surface area (Å²) in [6.07, 6.45) is 5.18. The van der Waals surface area contributed by atoms with Gasteiger partial charge in [0.1, 0.15) is 0 Å². The van der Waals surface area contributed by atoms with Crippen LogP contribution in [0, 0.1) is 6.92 Å². The highest BCUT2D eigenvalue weighted by Gasteiger charge is 2.37. The van der Waals surface area contributed by atoms with Gasteiger partial charge in [-0.2, -0.15) is 0 Å². The Hall–Kier alpha value is -1.21. The highest BCUT2D eigenvalue weighted by Crippen LogP contribution is 2.28. The van der Waals surface area contributed by atoms with Crippen LogP contribution in [0.3, 0.4) is 0 Å². The van der Waals surface area contributed by atoms with Crippen molar-refractivity contribution in [3.8, 4) is 0 Å². The third kappa shape index (κ3) is 3.09. The summed E-state index contributed by atoms with van der Waals surface area (Å²) in [4.78, 5) is 10.8. The molecule has 2 heterocycles. The first kappa shape index (κ1) is 13.8. The minimum absolute atomic E-state index is 0.0292. The zero-order chi connectivity index (χ0) is 14.2. The highest BCUT2D eigenvalue weighted by atomic mass is 32.2. The molecule has 1 N–H and O–H groups in total. The molecule has 1 aromatic rings. The van der Waals surface area contributed by atoms with Crippen molar-refractivity contribution in [2.45, 2.75) is 43.9 Å². The Bertz CT molecular complexity index is 586. The molecule has 20 heavy (non-hydrogen) atoms. The Kier molecular flexibility index (Phi) is 3.64. The van der Waals surface area contributed by atoms with Crippen LogP contribution in [-0.2, 0) is 10.0 Å². The van der Waals surface area contributed by atoms with Crippen LogP contribution in [0.4, 0.5) is 5.95 Å². The Morgan fingerprint density at radius 2 is 2.15 bits per heavy atom. The van der Waals surface area contributed by atoms with Crippen molar-refractivity contribution in [2.24, 2.45) is 0 Å². The predicted molar refractivity (Wildman–Crippen MR) is 77.1 cm³/mol. The van der Waals surface area contributed by atoms with E-state index in [-0.39, 0.29) is 11.3 Å². The summed E-state index contributed by atoms with van der Waals surface area (Å²) < 4.78 is 26.8. The molecule has 110 valence electrons. The Morgan fingerprint density at radius 3 is 2.85 bits per heavy atom. The van der Waals surface area contributed by atoms with Gasteiger partial charge in [-0.15, -0.1) is 0 Å². The third-order valence-corrected chi connectivity index (χ3v) is 5.79. The van der Waals surface area contributed by atoms with Gasteiger partial charge in [0.2, 0.25) is 16.0 Å². The summed E-state index contributed by atoms with van der Waals surface area (Å²) in [5, 5.41) is -0.159. The van der Waals surface area contributed by atoms with E-state index in [0.717, 1.165) is 37.9 Å². The standard InChI is InChI=1S/C13H20N4O2S/c1-10-6-7-14-13(15-10)17-8-2-3-11(9-17)16-20(18,19)12-4-5-12/h6-7,11-12,16H,2-5,8-9H2,1H3. The summed E-state index contributed by atoms with van der Waals surface area (Å²) in [5.74, 6) is 0.695. The van der Waals surface area contributed by atoms with Gasteiger partial charge in [0.05, 0.1) is 5.25 Å². The molecular weight excluding hydrogens is 276 g/mol. The Labute approximate surface area is 119 Å². The van der Waals surface area contributed by atoms with Crippen LogP contribution in [0.1, 0.15) is 31.4 Å². The second kappa shape index (κ2) is 5.29. The minimum atomic E-state index is -3.12. The van der Waals surface area contributed by atoms with E-state index >= 15 is 0 Å². The van der Waals surface area contributed by atoms with Crippen LogP contribution in [-0.4, -0.2) is 42.8 Å². The minimum Gasteiger partial charge on any atom is -0.339 e. The first-order valence-corrected chi connectivity index (χ1v) is 8.65. The van der Waals surface area contributed by atoms with Gasteiger partial charge in [0.15, 0.2) is 0 Å². The molecule has 7 heteroatoms. The van der Waals surface area contributed by atoms with Crippen LogP contribution in [0.2, 0.25) is 0 Å². The highest BCUT2D eigenvalue weighted by molar-refractivity contribution is 7.90. The van der Waals surface area contributed by atoms with Crippen molar-refractivity contribution in [1.82, 2.24) is 14.7 Å². The summed E-state index contributed by atoms with van der Waals surface area (Å²) in [5.41, 5.74) is 0.927. The van der Waals surface area contributed by atoms with E-state index in [4.69, 9.17) is 0 Å². The molecular formula is C13H20N4O2S. The maximum atomic E-state index is 12.0. The van der Waals surface area contributed by atoms with E-state index in [1.165, 1.54) is 0 Å². The molecule has 2 fully saturated rings. The van der Waals surface area contributed by atoms with E-state index in [9.17, 15) is 8.42 Å². The molecule has 1 aliphatic heterocycles. The van der Waals surface area contributed by atoms with Gasteiger partial charge < -0.3 is 4.90 Å². The maximum absolute atomic E-state index is 12.0. The molecule has 1 atom stereocenters. The predicted octanol–water partition coefficient (Wildman–Crippen LogP) is 0.836. The van der Waals surface area contributed by atoms with Crippen molar-refractivity contribution in [2.75, 3.05) is 18.0 Å². The number of nitrogens with one attached hydrogen (secondary N) is 1. The van der Waals surface area contributed by atoms with Crippen LogP contribution in [0.15, 0.2) is 12.3 Å². The molecule has 1 saturated carbocycles. The van der Waals surface area contributed by atoms with E-state index in [2.05, 4.69) is 19.6 Å². The first-order chi connectivity index (χ1) is 9.54. The van der Waals surface area contributed by atoms with Crippen LogP contribution < -0.4 is 9.62 Å². The molecule has 1 aromatic heterocycles. The SMILES string of the molecule is Cc1ccnc(N2CCCC(NS(=O)(=O)C3CC3)C2)n1. The lowest BCUT2D eigenvalue weighted by atomic mass is 10.1. The number of nitrogens with zero attached hydrogens (tertiary/aromatic N) is 3. The lowest BCUT2D eigenvalue weighted by Crippen LogP contribution is -2.49. The van der Waals surface area contributed by atoms with Gasteiger partial charge in [-0.25, -0.2) is 23.1 Å². The number of aryl methyl sites for hydroxylation is 1. The zero-order valence-corrected chi connectivity index (χ0v) is 12.4. The van der Waals surface area contributed by atoms with Crippen molar-refractivity contribution >= 4 is 16.0 Å². The zero-order valence-electron chi connectivity index (χ0n) is 11.6. The Balaban J connectivity index is 1.67. The monoisotopic (exact) mass is 296 g/mol. The second-order valence-corrected chi connectivity index (χ2v) is 7.64. The quantitative estimate of drug-likeness (QED) is 0.891. The largest absolute Gasteiger partial charge is 0.339 e. The average Bonchev–Trinajstić information content (AvgIpc) is 3.23. The van der Waals surface area contributed by atoms with Gasteiger partial charge in [-0.1, -0.05) is 0 Å². The summed E-state index contributed by atoms with van der Waals surface area (Å²) in [6, 6.07) is 1.83. The number of piperidine rings is 1. The van der Waals surface area contributed by atoms with Gasteiger partial charge in [0.25, 0.3) is 0 Å². The fourth-order valence-corrected chi connectivity index (χ4v) is 4.16. The summed E-state index contributed by atoms with van der Waals surface area (Å²) in [6.45, 7) is 3.46. The van der Waals surface area contributed by atoms with Crippen molar-refractivity contribution in [1.29, 1.82) is 0 Å². The smallest absolute Gasteiger partial charge is 0.225 e. The fourth-order valence-electron chi connectivity index (χ4n) is 2.55. The summed E-state index contributed by atoms with van der Waals surface area (Å²) in [7, 11) is -3.12. The third-order valence-electron chi connectivity index (χ3n) is 3.78. The molecule has 1 aliphatic carbocycles. The second-order valence-electron chi connectivity index (χ2n) is 5.65. The first-order valence-electron chi connectivity index (χ1n) is 7.10. The van der Waals surface area contributed by atoms with Crippen LogP contribution >= 0.6 is 0 Å². The maximum Gasteiger partial charge on any atom is 0.225 e. The normalized spacial score (nSPS) is 23.9. The number of aromatic nitrogens is 2. The number of rotatable bonds is 4. The molecule has 0 aromatic carbocycles. The molecule has 0 spiro atoms. The fraction of sp³-hybridized carbons (Fsp3) is 0.692. The van der Waals surface area contributed by atoms with Crippen molar-refractivity contribution in [3.63, 3.8) is 0 Å². The lowest BCUT2D eigenvalue weighted by molar-refractivity contribution is 0.461. The molecule has 0 amide bonds. The number of hydrogen-bond donors (Lipinski definition) is 1. The number of sulfonamides is 1. The lowest BCUT2D eigenvalue weighted by Gasteiger charge is -2.33. The van der Waals surface area contributed by atoms with Gasteiger partial charge in [-0.05, 0) is 38.7 Å². The van der Waals surface area contributed by atoms with E-state index in [1.54, 1.807) is 6.20 Å². The molecule has 1 saturated heterocycles. The molecule has 3 rings (SSSR count). The van der Waals surface area contributed by atoms with Crippen LogP contribution in [0.25, 0.3) is 0 Å². The van der Waals surface area contributed by atoms with Gasteiger partial charge in [-0.3, -0.25) is 0 Å². The van der Waals surface area contributed by atoms with Crippen molar-refractivity contribution < 1.29 is 8.42 Å². The molecule has 0 radical (unpaired) electrons. The van der Waals surface area contributed by atoms with E-state index < -0.39 is 10.0 Å². The number of anilines is 1. The molecule has 6 nitrogen and oxygen atoms in total. The van der Waals surface area contributed by atoms with Crippen molar-refractivity contribution in [3.05, 3.63) is 18.0 Å². The topological polar surface area (TPSA) is 75.2 Å².